The molecule has 1 aromatic heterocycles. The third kappa shape index (κ3) is 2.79. The second-order valence-electron chi connectivity index (χ2n) is 4.03. The number of nitrogens with zero attached hydrogens (tertiary/aromatic N) is 2. The highest BCUT2D eigenvalue weighted by atomic mass is 32.2. The number of rotatable bonds is 2. The van der Waals surface area contributed by atoms with E-state index in [-0.39, 0.29) is 30.5 Å². The fourth-order valence-electron chi connectivity index (χ4n) is 1.75. The maximum atomic E-state index is 12.1. The number of carbonyl (C=O) groups is 1. The van der Waals surface area contributed by atoms with E-state index in [2.05, 4.69) is 4.98 Å². The van der Waals surface area contributed by atoms with Gasteiger partial charge in [-0.05, 0) is 6.07 Å². The molecule has 0 aromatic carbocycles. The van der Waals surface area contributed by atoms with Crippen molar-refractivity contribution in [2.45, 2.75) is 0 Å². The molecule has 98 valence electrons. The van der Waals surface area contributed by atoms with E-state index in [4.69, 9.17) is 4.74 Å². The number of methoxy groups -OCH3 is 1. The van der Waals surface area contributed by atoms with Gasteiger partial charge in [0.15, 0.2) is 9.84 Å². The molecule has 6 nitrogen and oxygen atoms in total. The highest BCUT2D eigenvalue weighted by Crippen LogP contribution is 2.13. The first-order chi connectivity index (χ1) is 8.52. The zero-order chi connectivity index (χ0) is 13.2. The van der Waals surface area contributed by atoms with E-state index in [9.17, 15) is 13.2 Å². The number of sulfone groups is 1. The van der Waals surface area contributed by atoms with Crippen LogP contribution in [-0.4, -0.2) is 55.9 Å². The second kappa shape index (κ2) is 4.93. The topological polar surface area (TPSA) is 76.6 Å². The predicted molar refractivity (Wildman–Crippen MR) is 65.3 cm³/mol. The highest BCUT2D eigenvalue weighted by molar-refractivity contribution is 7.91. The van der Waals surface area contributed by atoms with Crippen LogP contribution >= 0.6 is 0 Å². The number of hydrogen-bond acceptors (Lipinski definition) is 5. The van der Waals surface area contributed by atoms with Crippen molar-refractivity contribution in [3.8, 4) is 5.88 Å². The van der Waals surface area contributed by atoms with Crippen LogP contribution in [0, 0.1) is 0 Å². The van der Waals surface area contributed by atoms with Crippen LogP contribution in [0.3, 0.4) is 0 Å². The van der Waals surface area contributed by atoms with Gasteiger partial charge >= 0.3 is 0 Å². The van der Waals surface area contributed by atoms with E-state index in [1.165, 1.54) is 18.2 Å². The molecule has 1 amide bonds. The lowest BCUT2D eigenvalue weighted by atomic mass is 10.2. The molecule has 0 aliphatic carbocycles. The number of aromatic nitrogens is 1. The van der Waals surface area contributed by atoms with Crippen molar-refractivity contribution in [1.82, 2.24) is 9.88 Å². The quantitative estimate of drug-likeness (QED) is 0.753. The molecule has 0 saturated carbocycles. The Bertz CT molecular complexity index is 542. The van der Waals surface area contributed by atoms with Crippen molar-refractivity contribution in [3.05, 3.63) is 23.9 Å². The number of carbonyl (C=O) groups excluding carboxylic acids is 1. The van der Waals surface area contributed by atoms with Crippen LogP contribution in [-0.2, 0) is 9.84 Å². The lowest BCUT2D eigenvalue weighted by Gasteiger charge is -2.26. The summed E-state index contributed by atoms with van der Waals surface area (Å²) in [7, 11) is -1.50. The molecular formula is C11H14N2O4S. The summed E-state index contributed by atoms with van der Waals surface area (Å²) in [6.07, 6.45) is 1.49. The molecule has 18 heavy (non-hydrogen) atoms. The Morgan fingerprint density at radius 2 is 2.06 bits per heavy atom. The Balaban J connectivity index is 2.12. The van der Waals surface area contributed by atoms with Gasteiger partial charge in [0.2, 0.25) is 5.88 Å². The first kappa shape index (κ1) is 12.8. The zero-order valence-corrected chi connectivity index (χ0v) is 10.8. The Hall–Kier alpha value is -1.63. The molecular weight excluding hydrogens is 256 g/mol. The first-order valence-electron chi connectivity index (χ1n) is 5.51. The molecule has 0 radical (unpaired) electrons. The normalized spacial score (nSPS) is 18.4. The number of hydrogen-bond donors (Lipinski definition) is 0. The van der Waals surface area contributed by atoms with E-state index in [0.717, 1.165) is 0 Å². The van der Waals surface area contributed by atoms with Gasteiger partial charge in [-0.15, -0.1) is 0 Å². The summed E-state index contributed by atoms with van der Waals surface area (Å²) in [5.74, 6) is 0.234. The molecule has 0 N–H and O–H groups in total. The van der Waals surface area contributed by atoms with Gasteiger partial charge in [0.1, 0.15) is 0 Å². The van der Waals surface area contributed by atoms with Crippen molar-refractivity contribution >= 4 is 15.7 Å². The van der Waals surface area contributed by atoms with Crippen LogP contribution in [0.5, 0.6) is 5.88 Å². The van der Waals surface area contributed by atoms with Crippen LogP contribution in [0.25, 0.3) is 0 Å². The molecule has 0 unspecified atom stereocenters. The summed E-state index contributed by atoms with van der Waals surface area (Å²) < 4.78 is 27.5. The third-order valence-electron chi connectivity index (χ3n) is 2.82. The lowest BCUT2D eigenvalue weighted by molar-refractivity contribution is 0.0769. The monoisotopic (exact) mass is 270 g/mol. The lowest BCUT2D eigenvalue weighted by Crippen LogP contribution is -2.43. The van der Waals surface area contributed by atoms with Crippen molar-refractivity contribution in [2.24, 2.45) is 0 Å². The maximum Gasteiger partial charge on any atom is 0.254 e. The molecule has 1 aliphatic heterocycles. The first-order valence-corrected chi connectivity index (χ1v) is 7.34. The van der Waals surface area contributed by atoms with Crippen molar-refractivity contribution < 1.29 is 17.9 Å². The van der Waals surface area contributed by atoms with Crippen molar-refractivity contribution in [3.63, 3.8) is 0 Å². The Morgan fingerprint density at radius 3 is 2.67 bits per heavy atom. The predicted octanol–water partition coefficient (Wildman–Crippen LogP) is -0.0392. The smallest absolute Gasteiger partial charge is 0.254 e. The van der Waals surface area contributed by atoms with Crippen LogP contribution < -0.4 is 4.74 Å². The van der Waals surface area contributed by atoms with E-state index in [0.29, 0.717) is 11.4 Å². The summed E-state index contributed by atoms with van der Waals surface area (Å²) in [4.78, 5) is 17.6. The summed E-state index contributed by atoms with van der Waals surface area (Å²) in [6.45, 7) is 0.484. The number of amides is 1. The molecule has 2 rings (SSSR count). The molecule has 0 bridgehead atoms. The van der Waals surface area contributed by atoms with Crippen LogP contribution in [0.15, 0.2) is 18.3 Å². The van der Waals surface area contributed by atoms with Gasteiger partial charge in [-0.1, -0.05) is 0 Å². The van der Waals surface area contributed by atoms with Crippen LogP contribution in [0.1, 0.15) is 10.4 Å². The summed E-state index contributed by atoms with van der Waals surface area (Å²) in [6, 6.07) is 3.14. The second-order valence-corrected chi connectivity index (χ2v) is 6.33. The van der Waals surface area contributed by atoms with Gasteiger partial charge in [-0.2, -0.15) is 0 Å². The average molecular weight is 270 g/mol. The standard InChI is InChI=1S/C11H14N2O4S/c1-17-10-8-9(2-3-12-10)11(14)13-4-6-18(15,16)7-5-13/h2-3,8H,4-7H2,1H3. The Morgan fingerprint density at radius 1 is 1.39 bits per heavy atom. The van der Waals surface area contributed by atoms with Gasteiger partial charge in [0.25, 0.3) is 5.91 Å². The zero-order valence-electron chi connectivity index (χ0n) is 10.00. The average Bonchev–Trinajstić information content (AvgIpc) is 2.38. The van der Waals surface area contributed by atoms with Gasteiger partial charge in [0, 0.05) is 30.9 Å². The largest absolute Gasteiger partial charge is 0.481 e. The SMILES string of the molecule is COc1cc(C(=O)N2CCS(=O)(=O)CC2)ccn1. The van der Waals surface area contributed by atoms with Gasteiger partial charge in [0.05, 0.1) is 18.6 Å². The highest BCUT2D eigenvalue weighted by Gasteiger charge is 2.25. The van der Waals surface area contributed by atoms with E-state index in [1.54, 1.807) is 12.1 Å². The molecule has 0 spiro atoms. The maximum absolute atomic E-state index is 12.1. The van der Waals surface area contributed by atoms with Crippen molar-refractivity contribution in [2.75, 3.05) is 31.7 Å². The number of ether oxygens (including phenoxy) is 1. The van der Waals surface area contributed by atoms with Crippen LogP contribution in [0.4, 0.5) is 0 Å². The Labute approximate surface area is 105 Å². The van der Waals surface area contributed by atoms with E-state index in [1.807, 2.05) is 0 Å². The van der Waals surface area contributed by atoms with Gasteiger partial charge in [-0.3, -0.25) is 4.79 Å². The van der Waals surface area contributed by atoms with E-state index < -0.39 is 9.84 Å². The van der Waals surface area contributed by atoms with Gasteiger partial charge < -0.3 is 9.64 Å². The minimum atomic E-state index is -2.98. The fourth-order valence-corrected chi connectivity index (χ4v) is 2.95. The molecule has 2 heterocycles. The van der Waals surface area contributed by atoms with Crippen molar-refractivity contribution in [1.29, 1.82) is 0 Å². The van der Waals surface area contributed by atoms with Crippen LogP contribution in [0.2, 0.25) is 0 Å². The summed E-state index contributed by atoms with van der Waals surface area (Å²) >= 11 is 0. The Kier molecular flexibility index (Phi) is 3.51. The molecule has 1 aromatic rings. The molecule has 1 aliphatic rings. The van der Waals surface area contributed by atoms with Gasteiger partial charge in [-0.25, -0.2) is 13.4 Å². The minimum absolute atomic E-state index is 0.0287. The fraction of sp³-hybridized carbons (Fsp3) is 0.455. The molecule has 1 saturated heterocycles. The summed E-state index contributed by atoms with van der Waals surface area (Å²) in [5, 5.41) is 0. The summed E-state index contributed by atoms with van der Waals surface area (Å²) in [5.41, 5.74) is 0.459. The van der Waals surface area contributed by atoms with E-state index >= 15 is 0 Å². The molecule has 0 atom stereocenters. The molecule has 1 fully saturated rings. The molecule has 7 heteroatoms. The number of pyridine rings is 1. The third-order valence-corrected chi connectivity index (χ3v) is 4.43. The minimum Gasteiger partial charge on any atom is -0.481 e.